The zero-order valence-electron chi connectivity index (χ0n) is 16.1. The van der Waals surface area contributed by atoms with Gasteiger partial charge in [0.05, 0.1) is 5.69 Å². The van der Waals surface area contributed by atoms with E-state index in [-0.39, 0.29) is 27.9 Å². The maximum absolute atomic E-state index is 12.7. The molecule has 3 heterocycles. The normalized spacial score (nSPS) is 22.3. The molecule has 0 amide bonds. The van der Waals surface area contributed by atoms with E-state index in [0.29, 0.717) is 12.4 Å². The number of nitrogens with one attached hydrogen (secondary N) is 2. The molecule has 27 heavy (non-hydrogen) atoms. The number of H-pyrrole nitrogens is 2. The summed E-state index contributed by atoms with van der Waals surface area (Å²) in [6.07, 6.45) is 3.56. The summed E-state index contributed by atoms with van der Waals surface area (Å²) in [5.74, 6) is 1.43. The van der Waals surface area contributed by atoms with Crippen molar-refractivity contribution >= 4 is 11.8 Å². The van der Waals surface area contributed by atoms with Crippen LogP contribution in [0, 0.1) is 0 Å². The molecule has 1 saturated heterocycles. The highest BCUT2D eigenvalue weighted by molar-refractivity contribution is 5.45. The van der Waals surface area contributed by atoms with Crippen LogP contribution in [0.1, 0.15) is 57.1 Å². The van der Waals surface area contributed by atoms with E-state index < -0.39 is 0 Å². The Bertz CT molecular complexity index is 1000. The number of nitrogen functional groups attached to an aromatic ring is 1. The predicted molar refractivity (Wildman–Crippen MR) is 104 cm³/mol. The number of anilines is 2. The Labute approximate surface area is 157 Å². The summed E-state index contributed by atoms with van der Waals surface area (Å²) in [5, 5.41) is 0. The quantitative estimate of drug-likeness (QED) is 0.694. The third-order valence-corrected chi connectivity index (χ3v) is 5.73. The molecule has 0 bridgehead atoms. The Hall–Kier alpha value is -2.64. The van der Waals surface area contributed by atoms with Crippen LogP contribution in [0.25, 0.3) is 0 Å². The predicted octanol–water partition coefficient (Wildman–Crippen LogP) is 1.22. The molecule has 0 aromatic carbocycles. The van der Waals surface area contributed by atoms with Gasteiger partial charge in [0.1, 0.15) is 11.6 Å². The smallest absolute Gasteiger partial charge is 0.254 e. The van der Waals surface area contributed by atoms with Gasteiger partial charge in [-0.25, -0.2) is 4.98 Å². The zero-order chi connectivity index (χ0) is 19.4. The van der Waals surface area contributed by atoms with Crippen molar-refractivity contribution in [3.05, 3.63) is 43.9 Å². The first-order chi connectivity index (χ1) is 12.7. The minimum Gasteiger partial charge on any atom is -0.369 e. The molecule has 1 fully saturated rings. The second-order valence-electron chi connectivity index (χ2n) is 8.79. The number of piperidine rings is 1. The van der Waals surface area contributed by atoms with Crippen molar-refractivity contribution in [2.24, 2.45) is 0 Å². The molecule has 1 unspecified atom stereocenters. The SMILES string of the molecule is CC(C)(C)c1nc2c(c(=O)[nH]1)CCC21CCCN(c2cc(=O)[nH]c(N)n2)C1. The summed E-state index contributed by atoms with van der Waals surface area (Å²) in [6, 6.07) is 1.48. The number of aromatic nitrogens is 4. The summed E-state index contributed by atoms with van der Waals surface area (Å²) < 4.78 is 0. The number of rotatable bonds is 1. The Morgan fingerprint density at radius 1 is 1.19 bits per heavy atom. The van der Waals surface area contributed by atoms with Gasteiger partial charge in [-0.2, -0.15) is 4.98 Å². The molecule has 1 aliphatic carbocycles. The van der Waals surface area contributed by atoms with Crippen LogP contribution >= 0.6 is 0 Å². The highest BCUT2D eigenvalue weighted by Crippen LogP contribution is 2.44. The summed E-state index contributed by atoms with van der Waals surface area (Å²) in [5.41, 5.74) is 6.78. The lowest BCUT2D eigenvalue weighted by Gasteiger charge is -2.41. The van der Waals surface area contributed by atoms with Gasteiger partial charge in [-0.1, -0.05) is 20.8 Å². The fourth-order valence-corrected chi connectivity index (χ4v) is 4.36. The minimum atomic E-state index is -0.256. The van der Waals surface area contributed by atoms with Crippen molar-refractivity contribution in [2.45, 2.75) is 57.3 Å². The van der Waals surface area contributed by atoms with Crippen molar-refractivity contribution in [3.8, 4) is 0 Å². The number of hydrogen-bond acceptors (Lipinski definition) is 6. The van der Waals surface area contributed by atoms with Gasteiger partial charge in [0, 0.05) is 35.5 Å². The molecule has 0 saturated carbocycles. The third-order valence-electron chi connectivity index (χ3n) is 5.73. The van der Waals surface area contributed by atoms with Gasteiger partial charge in [-0.15, -0.1) is 0 Å². The van der Waals surface area contributed by atoms with Crippen LogP contribution in [0.2, 0.25) is 0 Å². The number of fused-ring (bicyclic) bond motifs is 2. The average molecular weight is 370 g/mol. The molecular formula is C19H26N6O2. The van der Waals surface area contributed by atoms with Gasteiger partial charge in [-0.05, 0) is 25.7 Å². The monoisotopic (exact) mass is 370 g/mol. The van der Waals surface area contributed by atoms with Crippen LogP contribution in [0.15, 0.2) is 15.7 Å². The van der Waals surface area contributed by atoms with E-state index in [0.717, 1.165) is 49.3 Å². The lowest BCUT2D eigenvalue weighted by atomic mass is 9.77. The van der Waals surface area contributed by atoms with E-state index in [9.17, 15) is 9.59 Å². The maximum Gasteiger partial charge on any atom is 0.254 e. The fourth-order valence-electron chi connectivity index (χ4n) is 4.36. The molecule has 8 nitrogen and oxygen atoms in total. The van der Waals surface area contributed by atoms with Crippen molar-refractivity contribution in [3.63, 3.8) is 0 Å². The molecule has 4 N–H and O–H groups in total. The molecule has 2 aromatic heterocycles. The standard InChI is InChI=1S/C19H26N6O2/c1-18(2,3)16-23-14-11(15(27)24-16)5-7-19(14)6-4-8-25(10-19)12-9-13(26)22-17(20)21-12/h9H,4-8,10H2,1-3H3,(H,23,24,27)(H3,20,21,22,26). The van der Waals surface area contributed by atoms with Gasteiger partial charge in [-0.3, -0.25) is 14.6 Å². The largest absolute Gasteiger partial charge is 0.369 e. The number of nitrogens with zero attached hydrogens (tertiary/aromatic N) is 3. The van der Waals surface area contributed by atoms with Gasteiger partial charge in [0.25, 0.3) is 11.1 Å². The van der Waals surface area contributed by atoms with Gasteiger partial charge in [0.15, 0.2) is 0 Å². The fraction of sp³-hybridized carbons (Fsp3) is 0.579. The molecule has 4 rings (SSSR count). The summed E-state index contributed by atoms with van der Waals surface area (Å²) in [4.78, 5) is 41.3. The highest BCUT2D eigenvalue weighted by atomic mass is 16.1. The molecule has 1 atom stereocenters. The molecule has 1 spiro atoms. The zero-order valence-corrected chi connectivity index (χ0v) is 16.1. The summed E-state index contributed by atoms with van der Waals surface area (Å²) in [7, 11) is 0. The maximum atomic E-state index is 12.7. The van der Waals surface area contributed by atoms with Gasteiger partial charge < -0.3 is 15.6 Å². The first kappa shape index (κ1) is 17.8. The van der Waals surface area contributed by atoms with Crippen molar-refractivity contribution in [2.75, 3.05) is 23.7 Å². The van der Waals surface area contributed by atoms with Crippen molar-refractivity contribution in [1.29, 1.82) is 0 Å². The minimum absolute atomic E-state index is 0.0163. The van der Waals surface area contributed by atoms with E-state index in [1.54, 1.807) is 0 Å². The number of hydrogen-bond donors (Lipinski definition) is 3. The van der Waals surface area contributed by atoms with Crippen LogP contribution in [0.4, 0.5) is 11.8 Å². The third kappa shape index (κ3) is 3.02. The molecule has 1 aliphatic heterocycles. The van der Waals surface area contributed by atoms with Crippen molar-refractivity contribution in [1.82, 2.24) is 19.9 Å². The van der Waals surface area contributed by atoms with E-state index in [4.69, 9.17) is 10.7 Å². The lowest BCUT2D eigenvalue weighted by Crippen LogP contribution is -2.46. The first-order valence-corrected chi connectivity index (χ1v) is 9.44. The lowest BCUT2D eigenvalue weighted by molar-refractivity contribution is 0.331. The van der Waals surface area contributed by atoms with E-state index in [2.05, 4.69) is 40.6 Å². The second kappa shape index (κ2) is 5.94. The van der Waals surface area contributed by atoms with Gasteiger partial charge >= 0.3 is 0 Å². The highest BCUT2D eigenvalue weighted by Gasteiger charge is 2.45. The Morgan fingerprint density at radius 2 is 1.96 bits per heavy atom. The van der Waals surface area contributed by atoms with Crippen LogP contribution in [0.5, 0.6) is 0 Å². The molecule has 2 aromatic rings. The molecule has 2 aliphatic rings. The van der Waals surface area contributed by atoms with Crippen LogP contribution in [-0.2, 0) is 17.3 Å². The van der Waals surface area contributed by atoms with Crippen molar-refractivity contribution < 1.29 is 0 Å². The van der Waals surface area contributed by atoms with E-state index >= 15 is 0 Å². The van der Waals surface area contributed by atoms with Gasteiger partial charge in [0.2, 0.25) is 5.95 Å². The first-order valence-electron chi connectivity index (χ1n) is 9.44. The summed E-state index contributed by atoms with van der Waals surface area (Å²) >= 11 is 0. The van der Waals surface area contributed by atoms with E-state index in [1.165, 1.54) is 6.07 Å². The van der Waals surface area contributed by atoms with Crippen LogP contribution in [0.3, 0.4) is 0 Å². The molecule has 0 radical (unpaired) electrons. The Balaban J connectivity index is 1.76. The summed E-state index contributed by atoms with van der Waals surface area (Å²) in [6.45, 7) is 7.65. The second-order valence-corrected chi connectivity index (χ2v) is 8.79. The average Bonchev–Trinajstić information content (AvgIpc) is 2.92. The topological polar surface area (TPSA) is 121 Å². The molecular weight excluding hydrogens is 344 g/mol. The Morgan fingerprint density at radius 3 is 2.67 bits per heavy atom. The van der Waals surface area contributed by atoms with E-state index in [1.807, 2.05) is 0 Å². The number of nitrogens with two attached hydrogens (primary N) is 1. The molecule has 144 valence electrons. The van der Waals surface area contributed by atoms with Crippen LogP contribution < -0.4 is 21.8 Å². The Kier molecular flexibility index (Phi) is 3.90. The number of aromatic amines is 2. The van der Waals surface area contributed by atoms with Crippen LogP contribution in [-0.4, -0.2) is 33.0 Å². The molecule has 8 heteroatoms.